The van der Waals surface area contributed by atoms with Gasteiger partial charge in [-0.2, -0.15) is 0 Å². The van der Waals surface area contributed by atoms with E-state index in [1.165, 1.54) is 12.8 Å². The van der Waals surface area contributed by atoms with E-state index in [-0.39, 0.29) is 35.9 Å². The number of rotatable bonds is 8. The standard InChI is InChI=1S/C22H34N4O3.HI/c1-23-22(24-15-17-7-9-20(10-8-17)29-14-13-28-2)25-19-11-12-26(16-19)21(27)18-5-3-4-6-18;/h7-10,18-19H,3-6,11-16H2,1-2H3,(H2,23,24,25);1H. The summed E-state index contributed by atoms with van der Waals surface area (Å²) < 4.78 is 10.6. The molecule has 30 heavy (non-hydrogen) atoms. The predicted octanol–water partition coefficient (Wildman–Crippen LogP) is 2.79. The summed E-state index contributed by atoms with van der Waals surface area (Å²) in [5.74, 6) is 2.21. The molecule has 7 nitrogen and oxygen atoms in total. The maximum Gasteiger partial charge on any atom is 0.225 e. The number of carbonyl (C=O) groups excluding carboxylic acids is 1. The van der Waals surface area contributed by atoms with Gasteiger partial charge in [-0.3, -0.25) is 9.79 Å². The topological polar surface area (TPSA) is 75.2 Å². The van der Waals surface area contributed by atoms with Crippen LogP contribution in [0.1, 0.15) is 37.7 Å². The lowest BCUT2D eigenvalue weighted by Crippen LogP contribution is -2.45. The highest BCUT2D eigenvalue weighted by molar-refractivity contribution is 14.0. The summed E-state index contributed by atoms with van der Waals surface area (Å²) >= 11 is 0. The van der Waals surface area contributed by atoms with Gasteiger partial charge in [0, 0.05) is 45.8 Å². The van der Waals surface area contributed by atoms with Crippen molar-refractivity contribution in [1.82, 2.24) is 15.5 Å². The van der Waals surface area contributed by atoms with Crippen molar-refractivity contribution >= 4 is 35.8 Å². The molecule has 0 radical (unpaired) electrons. The van der Waals surface area contributed by atoms with Gasteiger partial charge >= 0.3 is 0 Å². The number of methoxy groups -OCH3 is 1. The number of aliphatic imine (C=N–C) groups is 1. The molecule has 0 spiro atoms. The van der Waals surface area contributed by atoms with Crippen molar-refractivity contribution in [3.63, 3.8) is 0 Å². The molecule has 2 aliphatic rings. The van der Waals surface area contributed by atoms with Crippen LogP contribution in [0.2, 0.25) is 0 Å². The summed E-state index contributed by atoms with van der Waals surface area (Å²) in [6.45, 7) is 3.41. The van der Waals surface area contributed by atoms with E-state index in [4.69, 9.17) is 9.47 Å². The molecule has 1 atom stereocenters. The van der Waals surface area contributed by atoms with Crippen molar-refractivity contribution in [2.45, 2.75) is 44.7 Å². The molecule has 2 fully saturated rings. The third kappa shape index (κ3) is 7.30. The van der Waals surface area contributed by atoms with Crippen LogP contribution in [-0.4, -0.2) is 63.3 Å². The number of halogens is 1. The predicted molar refractivity (Wildman–Crippen MR) is 130 cm³/mol. The smallest absolute Gasteiger partial charge is 0.225 e. The second-order valence-corrected chi connectivity index (χ2v) is 7.81. The number of amides is 1. The molecule has 1 saturated carbocycles. The third-order valence-electron chi connectivity index (χ3n) is 5.71. The Kier molecular flexibility index (Phi) is 10.7. The molecule has 2 N–H and O–H groups in total. The highest BCUT2D eigenvalue weighted by Gasteiger charge is 2.32. The van der Waals surface area contributed by atoms with Crippen molar-refractivity contribution < 1.29 is 14.3 Å². The highest BCUT2D eigenvalue weighted by atomic mass is 127. The normalized spacial score (nSPS) is 19.5. The fourth-order valence-electron chi connectivity index (χ4n) is 4.03. The quantitative estimate of drug-likeness (QED) is 0.234. The fourth-order valence-corrected chi connectivity index (χ4v) is 4.03. The molecule has 1 amide bonds. The molecule has 3 rings (SSSR count). The van der Waals surface area contributed by atoms with Crippen LogP contribution in [0.4, 0.5) is 0 Å². The summed E-state index contributed by atoms with van der Waals surface area (Å²) in [6.07, 6.45) is 5.48. The van der Waals surface area contributed by atoms with Crippen LogP contribution in [0, 0.1) is 5.92 Å². The zero-order valence-corrected chi connectivity index (χ0v) is 20.4. The molecule has 1 unspecified atom stereocenters. The Bertz CT molecular complexity index is 677. The van der Waals surface area contributed by atoms with Crippen LogP contribution in [0.25, 0.3) is 0 Å². The van der Waals surface area contributed by atoms with Gasteiger partial charge in [-0.05, 0) is 37.0 Å². The minimum Gasteiger partial charge on any atom is -0.491 e. The average molecular weight is 530 g/mol. The zero-order valence-electron chi connectivity index (χ0n) is 18.1. The van der Waals surface area contributed by atoms with Gasteiger partial charge in [0.2, 0.25) is 5.91 Å². The molecular formula is C22H35IN4O3. The first-order valence-corrected chi connectivity index (χ1v) is 10.7. The second-order valence-electron chi connectivity index (χ2n) is 7.81. The van der Waals surface area contributed by atoms with E-state index in [9.17, 15) is 4.79 Å². The molecule has 168 valence electrons. The molecule has 0 bridgehead atoms. The number of carbonyl (C=O) groups is 1. The van der Waals surface area contributed by atoms with Crippen LogP contribution >= 0.6 is 24.0 Å². The van der Waals surface area contributed by atoms with Gasteiger partial charge in [-0.15, -0.1) is 24.0 Å². The lowest BCUT2D eigenvalue weighted by atomic mass is 10.1. The number of guanidine groups is 1. The Labute approximate surface area is 197 Å². The Morgan fingerprint density at radius 3 is 2.57 bits per heavy atom. The van der Waals surface area contributed by atoms with Crippen LogP contribution in [0.3, 0.4) is 0 Å². The molecule has 1 heterocycles. The lowest BCUT2D eigenvalue weighted by Gasteiger charge is -2.21. The van der Waals surface area contributed by atoms with E-state index in [0.717, 1.165) is 49.6 Å². The third-order valence-corrected chi connectivity index (χ3v) is 5.71. The number of benzene rings is 1. The number of hydrogen-bond donors (Lipinski definition) is 2. The molecule has 1 aliphatic heterocycles. The van der Waals surface area contributed by atoms with Gasteiger partial charge in [0.05, 0.1) is 6.61 Å². The van der Waals surface area contributed by atoms with Crippen LogP contribution in [0.15, 0.2) is 29.3 Å². The van der Waals surface area contributed by atoms with Crippen molar-refractivity contribution in [3.05, 3.63) is 29.8 Å². The van der Waals surface area contributed by atoms with Gasteiger partial charge < -0.3 is 25.0 Å². The summed E-state index contributed by atoms with van der Waals surface area (Å²) in [5, 5.41) is 6.82. The largest absolute Gasteiger partial charge is 0.491 e. The fraction of sp³-hybridized carbons (Fsp3) is 0.636. The number of hydrogen-bond acceptors (Lipinski definition) is 4. The van der Waals surface area contributed by atoms with E-state index < -0.39 is 0 Å². The van der Waals surface area contributed by atoms with E-state index in [1.54, 1.807) is 14.2 Å². The van der Waals surface area contributed by atoms with Gasteiger partial charge in [-0.25, -0.2) is 0 Å². The van der Waals surface area contributed by atoms with Crippen molar-refractivity contribution in [1.29, 1.82) is 0 Å². The van der Waals surface area contributed by atoms with Crippen molar-refractivity contribution in [2.75, 3.05) is 40.5 Å². The first-order valence-electron chi connectivity index (χ1n) is 10.7. The van der Waals surface area contributed by atoms with Crippen molar-refractivity contribution in [3.8, 4) is 5.75 Å². The Morgan fingerprint density at radius 1 is 1.17 bits per heavy atom. The van der Waals surface area contributed by atoms with E-state index in [1.807, 2.05) is 29.2 Å². The highest BCUT2D eigenvalue weighted by Crippen LogP contribution is 2.27. The van der Waals surface area contributed by atoms with Gasteiger partial charge in [0.25, 0.3) is 0 Å². The Morgan fingerprint density at radius 2 is 1.90 bits per heavy atom. The molecule has 1 aromatic carbocycles. The first kappa shape index (κ1) is 24.7. The van der Waals surface area contributed by atoms with Crippen LogP contribution in [-0.2, 0) is 16.1 Å². The zero-order chi connectivity index (χ0) is 20.5. The molecular weight excluding hydrogens is 495 g/mol. The molecule has 8 heteroatoms. The van der Waals surface area contributed by atoms with E-state index in [2.05, 4.69) is 15.6 Å². The summed E-state index contributed by atoms with van der Waals surface area (Å²) in [6, 6.07) is 8.27. The van der Waals surface area contributed by atoms with Crippen LogP contribution in [0.5, 0.6) is 5.75 Å². The van der Waals surface area contributed by atoms with E-state index >= 15 is 0 Å². The van der Waals surface area contributed by atoms with E-state index in [0.29, 0.717) is 25.7 Å². The molecule has 1 aromatic rings. The van der Waals surface area contributed by atoms with Crippen molar-refractivity contribution in [2.24, 2.45) is 10.9 Å². The summed E-state index contributed by atoms with van der Waals surface area (Å²) in [7, 11) is 3.44. The molecule has 0 aromatic heterocycles. The molecule has 1 saturated heterocycles. The minimum absolute atomic E-state index is 0. The average Bonchev–Trinajstić information content (AvgIpc) is 3.44. The molecule has 1 aliphatic carbocycles. The maximum atomic E-state index is 12.6. The monoisotopic (exact) mass is 530 g/mol. The van der Waals surface area contributed by atoms with Gasteiger partial charge in [0.15, 0.2) is 5.96 Å². The first-order chi connectivity index (χ1) is 14.2. The van der Waals surface area contributed by atoms with Gasteiger partial charge in [-0.1, -0.05) is 25.0 Å². The second kappa shape index (κ2) is 13.0. The number of nitrogens with one attached hydrogen (secondary N) is 2. The lowest BCUT2D eigenvalue weighted by molar-refractivity contribution is -0.134. The van der Waals surface area contributed by atoms with Gasteiger partial charge in [0.1, 0.15) is 12.4 Å². The van der Waals surface area contributed by atoms with Crippen LogP contribution < -0.4 is 15.4 Å². The minimum atomic E-state index is 0. The number of likely N-dealkylation sites (tertiary alicyclic amines) is 1. The summed E-state index contributed by atoms with van der Waals surface area (Å²) in [4.78, 5) is 19.0. The Balaban J connectivity index is 0.00000320. The number of ether oxygens (including phenoxy) is 2. The number of nitrogens with zero attached hydrogens (tertiary/aromatic N) is 2. The summed E-state index contributed by atoms with van der Waals surface area (Å²) in [5.41, 5.74) is 1.15. The Hall–Kier alpha value is -1.55. The SMILES string of the molecule is CN=C(NCc1ccc(OCCOC)cc1)NC1CCN(C(=O)C2CCCC2)C1.I. The maximum absolute atomic E-state index is 12.6.